The Hall–Kier alpha value is -2.30. The van der Waals surface area contributed by atoms with Crippen LogP contribution in [0, 0.1) is 5.92 Å². The van der Waals surface area contributed by atoms with Crippen LogP contribution in [0.25, 0.3) is 22.3 Å². The molecule has 1 aliphatic carbocycles. The van der Waals surface area contributed by atoms with Gasteiger partial charge >= 0.3 is 5.97 Å². The molecule has 1 fully saturated rings. The minimum Gasteiger partial charge on any atom is -0.452 e. The van der Waals surface area contributed by atoms with Crippen molar-refractivity contribution in [2.45, 2.75) is 32.1 Å². The lowest BCUT2D eigenvalue weighted by Crippen LogP contribution is -2.25. The number of rotatable bonds is 3. The largest absolute Gasteiger partial charge is 0.452 e. The Morgan fingerprint density at radius 3 is 2.54 bits per heavy atom. The van der Waals surface area contributed by atoms with Gasteiger partial charge in [0.05, 0.1) is 16.3 Å². The summed E-state index contributed by atoms with van der Waals surface area (Å²) in [6, 6.07) is 11.7. The lowest BCUT2D eigenvalue weighted by Gasteiger charge is -2.20. The Kier molecular flexibility index (Phi) is 5.42. The number of hydrogen-bond acceptors (Lipinski definition) is 4. The molecular weight excluding hydrogens is 399 g/mol. The third-order valence-corrected chi connectivity index (χ3v) is 5.64. The SMILES string of the molecule is O=C(Oc1c(-c2ccccc2Cl)oc2ccc(Cl)cc2c1=O)C1CCCCC1. The molecule has 144 valence electrons. The van der Waals surface area contributed by atoms with Crippen LogP contribution in [-0.2, 0) is 4.79 Å². The molecule has 0 spiro atoms. The molecule has 0 N–H and O–H groups in total. The zero-order valence-electron chi connectivity index (χ0n) is 15.0. The monoisotopic (exact) mass is 416 g/mol. The molecule has 0 aliphatic heterocycles. The van der Waals surface area contributed by atoms with Gasteiger partial charge in [-0.1, -0.05) is 54.6 Å². The lowest BCUT2D eigenvalue weighted by molar-refractivity contribution is -0.140. The third-order valence-electron chi connectivity index (χ3n) is 5.07. The molecule has 3 aromatic rings. The molecule has 28 heavy (non-hydrogen) atoms. The van der Waals surface area contributed by atoms with Gasteiger partial charge in [-0.2, -0.15) is 0 Å². The van der Waals surface area contributed by atoms with Crippen LogP contribution in [0.1, 0.15) is 32.1 Å². The molecule has 1 aliphatic rings. The first kappa shape index (κ1) is 19.0. The second kappa shape index (κ2) is 7.98. The number of esters is 1. The van der Waals surface area contributed by atoms with Crippen LogP contribution in [0.3, 0.4) is 0 Å². The van der Waals surface area contributed by atoms with Crippen LogP contribution in [0.2, 0.25) is 10.0 Å². The molecule has 0 saturated heterocycles. The fourth-order valence-corrected chi connectivity index (χ4v) is 3.98. The van der Waals surface area contributed by atoms with Gasteiger partial charge in [0, 0.05) is 10.6 Å². The van der Waals surface area contributed by atoms with Crippen LogP contribution in [0.15, 0.2) is 51.7 Å². The number of hydrogen-bond donors (Lipinski definition) is 0. The van der Waals surface area contributed by atoms with E-state index in [2.05, 4.69) is 0 Å². The van der Waals surface area contributed by atoms with Crippen molar-refractivity contribution in [2.75, 3.05) is 0 Å². The summed E-state index contributed by atoms with van der Waals surface area (Å²) in [7, 11) is 0. The van der Waals surface area contributed by atoms with Gasteiger partial charge in [0.1, 0.15) is 5.58 Å². The van der Waals surface area contributed by atoms with Crippen molar-refractivity contribution in [1.82, 2.24) is 0 Å². The van der Waals surface area contributed by atoms with Crippen molar-refractivity contribution in [3.05, 3.63) is 62.7 Å². The van der Waals surface area contributed by atoms with Gasteiger partial charge in [0.15, 0.2) is 5.76 Å². The third kappa shape index (κ3) is 3.67. The maximum Gasteiger partial charge on any atom is 0.314 e. The maximum atomic E-state index is 13.2. The zero-order valence-corrected chi connectivity index (χ0v) is 16.6. The predicted octanol–water partition coefficient (Wildman–Crippen LogP) is 6.25. The van der Waals surface area contributed by atoms with Gasteiger partial charge in [-0.15, -0.1) is 0 Å². The number of ether oxygens (including phenoxy) is 1. The van der Waals surface area contributed by atoms with Crippen molar-refractivity contribution < 1.29 is 13.9 Å². The molecule has 0 bridgehead atoms. The van der Waals surface area contributed by atoms with E-state index in [1.54, 1.807) is 36.4 Å². The van der Waals surface area contributed by atoms with Gasteiger partial charge in [0.2, 0.25) is 11.2 Å². The number of carbonyl (C=O) groups is 1. The summed E-state index contributed by atoms with van der Waals surface area (Å²) < 4.78 is 11.6. The van der Waals surface area contributed by atoms with Crippen LogP contribution < -0.4 is 10.2 Å². The summed E-state index contributed by atoms with van der Waals surface area (Å²) in [5.74, 6) is -0.600. The minimum atomic E-state index is -0.442. The second-order valence-corrected chi connectivity index (χ2v) is 7.81. The quantitative estimate of drug-likeness (QED) is 0.473. The van der Waals surface area contributed by atoms with Gasteiger partial charge < -0.3 is 9.15 Å². The van der Waals surface area contributed by atoms with E-state index in [1.165, 1.54) is 6.07 Å². The second-order valence-electron chi connectivity index (χ2n) is 6.97. The highest BCUT2D eigenvalue weighted by Gasteiger charge is 2.27. The van der Waals surface area contributed by atoms with E-state index in [9.17, 15) is 9.59 Å². The summed E-state index contributed by atoms with van der Waals surface area (Å²) in [6.45, 7) is 0. The van der Waals surface area contributed by atoms with E-state index in [1.807, 2.05) is 0 Å². The van der Waals surface area contributed by atoms with E-state index in [0.717, 1.165) is 32.1 Å². The molecule has 1 saturated carbocycles. The zero-order chi connectivity index (χ0) is 19.7. The van der Waals surface area contributed by atoms with Crippen molar-refractivity contribution in [3.8, 4) is 17.1 Å². The number of fused-ring (bicyclic) bond motifs is 1. The highest BCUT2D eigenvalue weighted by Crippen LogP contribution is 2.36. The minimum absolute atomic E-state index is 0.140. The van der Waals surface area contributed by atoms with Crippen LogP contribution in [0.5, 0.6) is 5.75 Å². The van der Waals surface area contributed by atoms with Crippen molar-refractivity contribution in [3.63, 3.8) is 0 Å². The molecule has 1 aromatic heterocycles. The molecule has 1 heterocycles. The predicted molar refractivity (Wildman–Crippen MR) is 110 cm³/mol. The van der Waals surface area contributed by atoms with Gasteiger partial charge in [-0.25, -0.2) is 0 Å². The Bertz CT molecular complexity index is 1100. The van der Waals surface area contributed by atoms with Gasteiger partial charge in [-0.05, 0) is 43.2 Å². The molecule has 0 radical (unpaired) electrons. The molecule has 0 amide bonds. The summed E-state index contributed by atoms with van der Waals surface area (Å²) in [4.78, 5) is 25.9. The molecule has 4 rings (SSSR count). The normalized spacial score (nSPS) is 14.9. The van der Waals surface area contributed by atoms with E-state index in [0.29, 0.717) is 21.2 Å². The lowest BCUT2D eigenvalue weighted by atomic mass is 9.89. The smallest absolute Gasteiger partial charge is 0.314 e. The Morgan fingerprint density at radius 2 is 1.79 bits per heavy atom. The molecule has 0 unspecified atom stereocenters. The van der Waals surface area contributed by atoms with E-state index < -0.39 is 11.4 Å². The maximum absolute atomic E-state index is 13.2. The summed E-state index contributed by atoms with van der Waals surface area (Å²) >= 11 is 12.4. The highest BCUT2D eigenvalue weighted by molar-refractivity contribution is 6.33. The van der Waals surface area contributed by atoms with Crippen LogP contribution in [-0.4, -0.2) is 5.97 Å². The summed E-state index contributed by atoms with van der Waals surface area (Å²) in [5.41, 5.74) is 0.397. The standard InChI is InChI=1S/C22H18Cl2O4/c23-14-10-11-18-16(12-14)19(25)21(28-22(26)13-6-2-1-3-7-13)20(27-18)15-8-4-5-9-17(15)24/h4-5,8-13H,1-3,6-7H2. The van der Waals surface area contributed by atoms with Crippen LogP contribution in [0.4, 0.5) is 0 Å². The fourth-order valence-electron chi connectivity index (χ4n) is 3.59. The topological polar surface area (TPSA) is 56.5 Å². The molecule has 2 aromatic carbocycles. The first-order valence-corrected chi connectivity index (χ1v) is 10.0. The first-order chi connectivity index (χ1) is 13.5. The molecule has 6 heteroatoms. The number of halogens is 2. The average molecular weight is 417 g/mol. The number of benzene rings is 2. The Morgan fingerprint density at radius 1 is 1.04 bits per heavy atom. The molecule has 4 nitrogen and oxygen atoms in total. The average Bonchev–Trinajstić information content (AvgIpc) is 2.71. The van der Waals surface area contributed by atoms with Gasteiger partial charge in [0.25, 0.3) is 0 Å². The van der Waals surface area contributed by atoms with E-state index >= 15 is 0 Å². The summed E-state index contributed by atoms with van der Waals surface area (Å²) in [5, 5.41) is 1.05. The van der Waals surface area contributed by atoms with Crippen molar-refractivity contribution in [2.24, 2.45) is 5.92 Å². The first-order valence-electron chi connectivity index (χ1n) is 9.27. The van der Waals surface area contributed by atoms with Crippen molar-refractivity contribution >= 4 is 40.1 Å². The summed E-state index contributed by atoms with van der Waals surface area (Å²) in [6.07, 6.45) is 4.62. The van der Waals surface area contributed by atoms with Crippen LogP contribution >= 0.6 is 23.2 Å². The van der Waals surface area contributed by atoms with E-state index in [4.69, 9.17) is 32.4 Å². The van der Waals surface area contributed by atoms with Gasteiger partial charge in [-0.3, -0.25) is 9.59 Å². The Labute approximate surface area is 172 Å². The fraction of sp³-hybridized carbons (Fsp3) is 0.273. The Balaban J connectivity index is 1.87. The van der Waals surface area contributed by atoms with E-state index in [-0.39, 0.29) is 22.8 Å². The van der Waals surface area contributed by atoms with Crippen molar-refractivity contribution in [1.29, 1.82) is 0 Å². The molecule has 0 atom stereocenters. The highest BCUT2D eigenvalue weighted by atomic mass is 35.5. The molecular formula is C22H18Cl2O4. The number of carbonyl (C=O) groups excluding carboxylic acids is 1.